The molecular weight excluding hydrogens is 256 g/mol. The van der Waals surface area contributed by atoms with Crippen LogP contribution in [0.2, 0.25) is 0 Å². The smallest absolute Gasteiger partial charge is 0.323 e. The van der Waals surface area contributed by atoms with E-state index in [0.717, 1.165) is 11.1 Å². The Morgan fingerprint density at radius 2 is 1.65 bits per heavy atom. The molecule has 0 aliphatic rings. The molecule has 0 spiro atoms. The van der Waals surface area contributed by atoms with Crippen LogP contribution in [0, 0.1) is 12.3 Å². The van der Waals surface area contributed by atoms with Gasteiger partial charge in [-0.3, -0.25) is 9.59 Å². The minimum atomic E-state index is -1.37. The van der Waals surface area contributed by atoms with Crippen molar-refractivity contribution in [3.63, 3.8) is 0 Å². The second kappa shape index (κ2) is 6.89. The molecule has 1 aromatic carbocycles. The lowest BCUT2D eigenvalue weighted by molar-refractivity contribution is -0.168. The molecule has 0 aromatic heterocycles. The molecule has 20 heavy (non-hydrogen) atoms. The first-order chi connectivity index (χ1) is 9.50. The molecule has 108 valence electrons. The predicted molar refractivity (Wildman–Crippen MR) is 76.2 cm³/mol. The summed E-state index contributed by atoms with van der Waals surface area (Å²) < 4.78 is 9.60. The van der Waals surface area contributed by atoms with E-state index >= 15 is 0 Å². The van der Waals surface area contributed by atoms with Gasteiger partial charge in [-0.1, -0.05) is 35.9 Å². The lowest BCUT2D eigenvalue weighted by atomic mass is 9.78. The van der Waals surface area contributed by atoms with Crippen molar-refractivity contribution in [2.45, 2.75) is 19.8 Å². The minimum Gasteiger partial charge on any atom is -0.468 e. The summed E-state index contributed by atoms with van der Waals surface area (Å²) in [5.74, 6) is -1.21. The zero-order chi connectivity index (χ0) is 15.2. The van der Waals surface area contributed by atoms with Crippen LogP contribution in [0.1, 0.15) is 17.5 Å². The van der Waals surface area contributed by atoms with Crippen molar-refractivity contribution in [2.24, 2.45) is 5.41 Å². The second-order valence-electron chi connectivity index (χ2n) is 4.72. The number of methoxy groups -OCH3 is 2. The van der Waals surface area contributed by atoms with Crippen LogP contribution in [-0.4, -0.2) is 26.2 Å². The molecule has 4 nitrogen and oxygen atoms in total. The van der Waals surface area contributed by atoms with Crippen molar-refractivity contribution in [1.29, 1.82) is 0 Å². The Morgan fingerprint density at radius 3 is 2.05 bits per heavy atom. The van der Waals surface area contributed by atoms with E-state index in [2.05, 4.69) is 6.58 Å². The molecule has 0 saturated carbocycles. The Bertz CT molecular complexity index is 472. The van der Waals surface area contributed by atoms with Crippen LogP contribution < -0.4 is 0 Å². The summed E-state index contributed by atoms with van der Waals surface area (Å²) >= 11 is 0. The van der Waals surface area contributed by atoms with Gasteiger partial charge in [-0.2, -0.15) is 0 Å². The number of allylic oxidation sites excluding steroid dienone is 1. The Morgan fingerprint density at radius 1 is 1.15 bits per heavy atom. The largest absolute Gasteiger partial charge is 0.468 e. The highest BCUT2D eigenvalue weighted by Crippen LogP contribution is 2.31. The van der Waals surface area contributed by atoms with Gasteiger partial charge in [-0.25, -0.2) is 0 Å². The summed E-state index contributed by atoms with van der Waals surface area (Å²) in [6.45, 7) is 5.59. The Hall–Kier alpha value is -2.10. The zero-order valence-electron chi connectivity index (χ0n) is 12.1. The fourth-order valence-electron chi connectivity index (χ4n) is 2.16. The van der Waals surface area contributed by atoms with E-state index in [0.29, 0.717) is 0 Å². The predicted octanol–water partition coefficient (Wildman–Crippen LogP) is 2.45. The number of aryl methyl sites for hydroxylation is 1. The van der Waals surface area contributed by atoms with Gasteiger partial charge in [0.15, 0.2) is 5.41 Å². The van der Waals surface area contributed by atoms with E-state index in [1.807, 2.05) is 31.2 Å². The molecule has 0 N–H and O–H groups in total. The number of hydrogen-bond acceptors (Lipinski definition) is 4. The highest BCUT2D eigenvalue weighted by atomic mass is 16.5. The molecule has 0 saturated heterocycles. The molecule has 0 fully saturated rings. The highest BCUT2D eigenvalue weighted by molar-refractivity contribution is 6.00. The highest BCUT2D eigenvalue weighted by Gasteiger charge is 2.47. The summed E-state index contributed by atoms with van der Waals surface area (Å²) in [6, 6.07) is 7.64. The first-order valence-corrected chi connectivity index (χ1v) is 6.33. The number of carbonyl (C=O) groups is 2. The average molecular weight is 276 g/mol. The maximum absolute atomic E-state index is 12.1. The molecule has 1 aromatic rings. The van der Waals surface area contributed by atoms with E-state index < -0.39 is 17.4 Å². The quantitative estimate of drug-likeness (QED) is 0.455. The number of hydrogen-bond donors (Lipinski definition) is 0. The van der Waals surface area contributed by atoms with Crippen molar-refractivity contribution in [3.8, 4) is 0 Å². The topological polar surface area (TPSA) is 52.6 Å². The van der Waals surface area contributed by atoms with Crippen LogP contribution in [0.25, 0.3) is 0 Å². The van der Waals surface area contributed by atoms with E-state index in [4.69, 9.17) is 9.47 Å². The van der Waals surface area contributed by atoms with Gasteiger partial charge < -0.3 is 9.47 Å². The summed E-state index contributed by atoms with van der Waals surface area (Å²) in [6.07, 6.45) is 1.92. The fourth-order valence-corrected chi connectivity index (χ4v) is 2.16. The van der Waals surface area contributed by atoms with Crippen LogP contribution >= 0.6 is 0 Å². The first-order valence-electron chi connectivity index (χ1n) is 6.33. The maximum atomic E-state index is 12.1. The van der Waals surface area contributed by atoms with Gasteiger partial charge in [0.05, 0.1) is 14.2 Å². The molecule has 0 aliphatic carbocycles. The Kier molecular flexibility index (Phi) is 5.50. The van der Waals surface area contributed by atoms with Crippen LogP contribution in [0.15, 0.2) is 36.9 Å². The lowest BCUT2D eigenvalue weighted by Gasteiger charge is -2.27. The van der Waals surface area contributed by atoms with Crippen molar-refractivity contribution in [3.05, 3.63) is 48.0 Å². The third-order valence-corrected chi connectivity index (χ3v) is 3.27. The first kappa shape index (κ1) is 16.0. The minimum absolute atomic E-state index is 0.167. The molecule has 0 heterocycles. The fraction of sp³-hybridized carbons (Fsp3) is 0.375. The van der Waals surface area contributed by atoms with E-state index in [9.17, 15) is 9.59 Å². The SMILES string of the molecule is C=CCC(Cc1ccc(C)cc1)(C(=O)OC)C(=O)OC. The van der Waals surface area contributed by atoms with Gasteiger partial charge in [0, 0.05) is 0 Å². The van der Waals surface area contributed by atoms with Gasteiger partial charge in [0.1, 0.15) is 0 Å². The van der Waals surface area contributed by atoms with E-state index in [1.54, 1.807) is 0 Å². The number of rotatable bonds is 6. The van der Waals surface area contributed by atoms with Crippen LogP contribution in [-0.2, 0) is 25.5 Å². The lowest BCUT2D eigenvalue weighted by Crippen LogP contribution is -2.42. The summed E-state index contributed by atoms with van der Waals surface area (Å²) in [7, 11) is 2.52. The normalized spacial score (nSPS) is 10.8. The molecule has 4 heteroatoms. The number of esters is 2. The number of benzene rings is 1. The zero-order valence-corrected chi connectivity index (χ0v) is 12.1. The standard InChI is InChI=1S/C16H20O4/c1-5-10-16(14(17)19-3,15(18)20-4)11-13-8-6-12(2)7-9-13/h5-9H,1,10-11H2,2-4H3. The molecule has 0 aliphatic heterocycles. The number of ether oxygens (including phenoxy) is 2. The Labute approximate surface area is 119 Å². The van der Waals surface area contributed by atoms with Gasteiger partial charge in [-0.15, -0.1) is 6.58 Å². The molecule has 0 bridgehead atoms. The van der Waals surface area contributed by atoms with Gasteiger partial charge in [0.25, 0.3) is 0 Å². The third-order valence-electron chi connectivity index (χ3n) is 3.27. The van der Waals surface area contributed by atoms with Crippen LogP contribution in [0.5, 0.6) is 0 Å². The average Bonchev–Trinajstić information content (AvgIpc) is 2.47. The van der Waals surface area contributed by atoms with Crippen molar-refractivity contribution in [2.75, 3.05) is 14.2 Å². The van der Waals surface area contributed by atoms with Crippen molar-refractivity contribution >= 4 is 11.9 Å². The van der Waals surface area contributed by atoms with Crippen molar-refractivity contribution < 1.29 is 19.1 Å². The third kappa shape index (κ3) is 3.26. The van der Waals surface area contributed by atoms with E-state index in [1.165, 1.54) is 20.3 Å². The Balaban J connectivity index is 3.20. The molecule has 0 amide bonds. The number of carbonyl (C=O) groups excluding carboxylic acids is 2. The van der Waals surface area contributed by atoms with Gasteiger partial charge in [-0.05, 0) is 25.3 Å². The van der Waals surface area contributed by atoms with E-state index in [-0.39, 0.29) is 12.8 Å². The molecule has 0 unspecified atom stereocenters. The summed E-state index contributed by atoms with van der Waals surface area (Å²) in [5, 5.41) is 0. The summed E-state index contributed by atoms with van der Waals surface area (Å²) in [4.78, 5) is 24.2. The van der Waals surface area contributed by atoms with Crippen LogP contribution in [0.3, 0.4) is 0 Å². The van der Waals surface area contributed by atoms with Gasteiger partial charge >= 0.3 is 11.9 Å². The monoisotopic (exact) mass is 276 g/mol. The molecular formula is C16H20O4. The van der Waals surface area contributed by atoms with Gasteiger partial charge in [0.2, 0.25) is 0 Å². The molecule has 0 atom stereocenters. The van der Waals surface area contributed by atoms with Crippen molar-refractivity contribution in [1.82, 2.24) is 0 Å². The van der Waals surface area contributed by atoms with Crippen LogP contribution in [0.4, 0.5) is 0 Å². The summed E-state index contributed by atoms with van der Waals surface area (Å²) in [5.41, 5.74) is 0.605. The maximum Gasteiger partial charge on any atom is 0.323 e. The second-order valence-corrected chi connectivity index (χ2v) is 4.72. The molecule has 0 radical (unpaired) electrons. The molecule has 1 rings (SSSR count).